The summed E-state index contributed by atoms with van der Waals surface area (Å²) in [4.78, 5) is 11.9. The van der Waals surface area contributed by atoms with Crippen molar-refractivity contribution in [3.63, 3.8) is 0 Å². The van der Waals surface area contributed by atoms with E-state index in [4.69, 9.17) is 9.47 Å². The third-order valence-corrected chi connectivity index (χ3v) is 3.46. The number of nitrogens with zero attached hydrogens (tertiary/aromatic N) is 2. The van der Waals surface area contributed by atoms with E-state index in [0.29, 0.717) is 24.7 Å². The summed E-state index contributed by atoms with van der Waals surface area (Å²) in [7, 11) is 1.61. The minimum atomic E-state index is -0.693. The van der Waals surface area contributed by atoms with Crippen LogP contribution in [0.1, 0.15) is 0 Å². The number of carbonyl (C=O) groups is 1. The molecule has 9 heteroatoms. The molecule has 0 bridgehead atoms. The number of aromatic nitrogens is 2. The number of ether oxygens (including phenoxy) is 2. The van der Waals surface area contributed by atoms with Crippen LogP contribution in [-0.4, -0.2) is 41.9 Å². The summed E-state index contributed by atoms with van der Waals surface area (Å²) in [5.74, 6) is -1.00. The van der Waals surface area contributed by atoms with Gasteiger partial charge in [-0.1, -0.05) is 0 Å². The maximum absolute atomic E-state index is 13.3. The topological polar surface area (TPSA) is 77.4 Å². The van der Waals surface area contributed by atoms with Gasteiger partial charge in [-0.15, -0.1) is 0 Å². The van der Waals surface area contributed by atoms with Crippen LogP contribution in [0, 0.1) is 11.6 Å². The molecule has 24 heavy (non-hydrogen) atoms. The first-order valence-electron chi connectivity index (χ1n) is 7.26. The van der Waals surface area contributed by atoms with Crippen molar-refractivity contribution in [3.05, 3.63) is 35.9 Å². The molecule has 1 aromatic carbocycles. The quantitative estimate of drug-likeness (QED) is 0.892. The van der Waals surface area contributed by atoms with E-state index >= 15 is 0 Å². The maximum atomic E-state index is 13.3. The van der Waals surface area contributed by atoms with Crippen LogP contribution in [0.15, 0.2) is 24.3 Å². The molecule has 1 aliphatic rings. The van der Waals surface area contributed by atoms with E-state index in [0.717, 1.165) is 6.07 Å². The molecule has 0 radical (unpaired) electrons. The minimum absolute atomic E-state index is 0.173. The fourth-order valence-corrected chi connectivity index (χ4v) is 2.28. The summed E-state index contributed by atoms with van der Waals surface area (Å²) >= 11 is 0. The molecule has 2 heterocycles. The van der Waals surface area contributed by atoms with Gasteiger partial charge in [-0.2, -0.15) is 5.10 Å². The summed E-state index contributed by atoms with van der Waals surface area (Å²) in [6, 6.07) is 4.22. The molecule has 1 atom stereocenters. The van der Waals surface area contributed by atoms with Gasteiger partial charge in [-0.05, 0) is 12.1 Å². The number of anilines is 1. The second-order valence-electron chi connectivity index (χ2n) is 5.31. The SMILES string of the molecule is Cn1nc(-c2cc(F)cc(F)c2)cc1NC(=O)NCC1COCO1. The molecule has 1 aromatic heterocycles. The van der Waals surface area contributed by atoms with Crippen LogP contribution in [-0.2, 0) is 16.5 Å². The van der Waals surface area contributed by atoms with Crippen LogP contribution >= 0.6 is 0 Å². The second-order valence-corrected chi connectivity index (χ2v) is 5.31. The Morgan fingerprint density at radius 1 is 1.33 bits per heavy atom. The van der Waals surface area contributed by atoms with Crippen molar-refractivity contribution in [1.29, 1.82) is 0 Å². The molecule has 0 saturated carbocycles. The molecule has 1 aliphatic heterocycles. The average molecular weight is 338 g/mol. The van der Waals surface area contributed by atoms with Crippen molar-refractivity contribution in [1.82, 2.24) is 15.1 Å². The van der Waals surface area contributed by atoms with E-state index in [9.17, 15) is 13.6 Å². The van der Waals surface area contributed by atoms with Gasteiger partial charge in [0.15, 0.2) is 0 Å². The zero-order chi connectivity index (χ0) is 17.1. The lowest BCUT2D eigenvalue weighted by atomic mass is 10.1. The highest BCUT2D eigenvalue weighted by atomic mass is 19.1. The molecule has 1 saturated heterocycles. The fourth-order valence-electron chi connectivity index (χ4n) is 2.28. The Balaban J connectivity index is 1.66. The first kappa shape index (κ1) is 16.3. The lowest BCUT2D eigenvalue weighted by Crippen LogP contribution is -2.36. The van der Waals surface area contributed by atoms with E-state index in [1.807, 2.05) is 0 Å². The monoisotopic (exact) mass is 338 g/mol. The summed E-state index contributed by atoms with van der Waals surface area (Å²) in [6.07, 6.45) is -0.173. The molecule has 1 fully saturated rings. The second kappa shape index (κ2) is 6.93. The van der Waals surface area contributed by atoms with E-state index in [1.54, 1.807) is 7.05 Å². The Kier molecular flexibility index (Phi) is 4.72. The van der Waals surface area contributed by atoms with E-state index in [1.165, 1.54) is 22.9 Å². The molecule has 2 N–H and O–H groups in total. The molecule has 0 aliphatic carbocycles. The van der Waals surface area contributed by atoms with Gasteiger partial charge < -0.3 is 14.8 Å². The van der Waals surface area contributed by atoms with Crippen LogP contribution in [0.25, 0.3) is 11.3 Å². The van der Waals surface area contributed by atoms with Gasteiger partial charge in [0.2, 0.25) is 0 Å². The lowest BCUT2D eigenvalue weighted by Gasteiger charge is -2.10. The van der Waals surface area contributed by atoms with Gasteiger partial charge in [0.1, 0.15) is 30.3 Å². The highest BCUT2D eigenvalue weighted by Gasteiger charge is 2.17. The third-order valence-electron chi connectivity index (χ3n) is 3.46. The molecule has 2 amide bonds. The third kappa shape index (κ3) is 3.87. The number of nitrogens with one attached hydrogen (secondary N) is 2. The summed E-state index contributed by atoms with van der Waals surface area (Å²) in [5, 5.41) is 9.42. The molecule has 2 aromatic rings. The summed E-state index contributed by atoms with van der Waals surface area (Å²) < 4.78 is 38.3. The normalized spacial score (nSPS) is 17.0. The Bertz CT molecular complexity index is 724. The van der Waals surface area contributed by atoms with Gasteiger partial charge >= 0.3 is 6.03 Å². The fraction of sp³-hybridized carbons (Fsp3) is 0.333. The smallest absolute Gasteiger partial charge is 0.320 e. The van der Waals surface area contributed by atoms with Crippen LogP contribution in [0.5, 0.6) is 0 Å². The maximum Gasteiger partial charge on any atom is 0.320 e. The number of rotatable bonds is 4. The van der Waals surface area contributed by atoms with Gasteiger partial charge in [0.25, 0.3) is 0 Å². The molecule has 3 rings (SSSR count). The van der Waals surface area contributed by atoms with Gasteiger partial charge in [0, 0.05) is 31.3 Å². The number of hydrogen-bond donors (Lipinski definition) is 2. The number of urea groups is 1. The van der Waals surface area contributed by atoms with Crippen LogP contribution in [0.4, 0.5) is 19.4 Å². The number of aryl methyl sites for hydroxylation is 1. The lowest BCUT2D eigenvalue weighted by molar-refractivity contribution is 0.0476. The van der Waals surface area contributed by atoms with Crippen molar-refractivity contribution in [2.75, 3.05) is 25.3 Å². The Morgan fingerprint density at radius 2 is 2.08 bits per heavy atom. The predicted octanol–water partition coefficient (Wildman–Crippen LogP) is 1.86. The number of hydrogen-bond acceptors (Lipinski definition) is 4. The van der Waals surface area contributed by atoms with Gasteiger partial charge in [-0.25, -0.2) is 13.6 Å². The van der Waals surface area contributed by atoms with E-state index < -0.39 is 17.7 Å². The van der Waals surface area contributed by atoms with Gasteiger partial charge in [0.05, 0.1) is 12.3 Å². The standard InChI is InChI=1S/C15H16F2N4O3/c1-21-14(19-15(22)18-6-12-7-23-8-24-12)5-13(20-21)9-2-10(16)4-11(17)3-9/h2-5,12H,6-8H2,1H3,(H2,18,19,22). The highest BCUT2D eigenvalue weighted by Crippen LogP contribution is 2.23. The highest BCUT2D eigenvalue weighted by molar-refractivity contribution is 5.89. The van der Waals surface area contributed by atoms with Crippen molar-refractivity contribution >= 4 is 11.8 Å². The molecule has 1 unspecified atom stereocenters. The van der Waals surface area contributed by atoms with Crippen molar-refractivity contribution < 1.29 is 23.0 Å². The predicted molar refractivity (Wildman–Crippen MR) is 81.3 cm³/mol. The van der Waals surface area contributed by atoms with Crippen LogP contribution in [0.2, 0.25) is 0 Å². The Hall–Kier alpha value is -2.52. The number of amides is 2. The molecule has 0 spiro atoms. The summed E-state index contributed by atoms with van der Waals surface area (Å²) in [6.45, 7) is 0.968. The average Bonchev–Trinajstić information content (AvgIpc) is 3.15. The van der Waals surface area contributed by atoms with Crippen molar-refractivity contribution in [3.8, 4) is 11.3 Å². The largest absolute Gasteiger partial charge is 0.353 e. The summed E-state index contributed by atoms with van der Waals surface area (Å²) in [5.41, 5.74) is 0.631. The minimum Gasteiger partial charge on any atom is -0.353 e. The zero-order valence-corrected chi connectivity index (χ0v) is 12.9. The number of benzene rings is 1. The number of carbonyl (C=O) groups excluding carboxylic acids is 1. The first-order valence-corrected chi connectivity index (χ1v) is 7.26. The molecular weight excluding hydrogens is 322 g/mol. The van der Waals surface area contributed by atoms with Crippen LogP contribution in [0.3, 0.4) is 0 Å². The van der Waals surface area contributed by atoms with Gasteiger partial charge in [-0.3, -0.25) is 10.00 Å². The zero-order valence-electron chi connectivity index (χ0n) is 12.9. The first-order chi connectivity index (χ1) is 11.5. The van der Waals surface area contributed by atoms with E-state index in [2.05, 4.69) is 15.7 Å². The Morgan fingerprint density at radius 3 is 2.75 bits per heavy atom. The molecule has 128 valence electrons. The number of halogens is 2. The van der Waals surface area contributed by atoms with Crippen molar-refractivity contribution in [2.45, 2.75) is 6.10 Å². The molecular formula is C15H16F2N4O3. The van der Waals surface area contributed by atoms with Crippen LogP contribution < -0.4 is 10.6 Å². The van der Waals surface area contributed by atoms with E-state index in [-0.39, 0.29) is 18.5 Å². The molecule has 7 nitrogen and oxygen atoms in total. The van der Waals surface area contributed by atoms with Crippen molar-refractivity contribution in [2.24, 2.45) is 7.05 Å². The Labute approximate surface area is 136 Å².